The van der Waals surface area contributed by atoms with Gasteiger partial charge >= 0.3 is 6.09 Å². The van der Waals surface area contributed by atoms with Gasteiger partial charge < -0.3 is 15.2 Å². The molecule has 2 aromatic carbocycles. The SMILES string of the molecule is O=C(NCc1nc(C(O)C2CC2)n[nH]1)OCC1c2ccccc2-c2ccccc21. The zero-order valence-electron chi connectivity index (χ0n) is 15.8. The number of hydrogen-bond donors (Lipinski definition) is 3. The standard InChI is InChI=1S/C22H22N4O3/c27-20(13-9-10-13)21-24-19(25-26-21)11-23-22(28)29-12-18-16-7-3-1-5-14(16)15-6-2-4-8-17(15)18/h1-8,13,18,20,27H,9-12H2,(H,23,28)(H,24,25,26). The lowest BCUT2D eigenvalue weighted by Crippen LogP contribution is -2.26. The molecule has 7 nitrogen and oxygen atoms in total. The maximum Gasteiger partial charge on any atom is 0.407 e. The van der Waals surface area contributed by atoms with Crippen molar-refractivity contribution in [2.24, 2.45) is 5.92 Å². The number of nitrogens with one attached hydrogen (secondary N) is 2. The number of H-pyrrole nitrogens is 1. The first-order chi connectivity index (χ1) is 14.2. The monoisotopic (exact) mass is 390 g/mol. The lowest BCUT2D eigenvalue weighted by Gasteiger charge is -2.14. The number of nitrogens with zero attached hydrogens (tertiary/aromatic N) is 2. The lowest BCUT2D eigenvalue weighted by molar-refractivity contribution is 0.142. The van der Waals surface area contributed by atoms with Gasteiger partial charge in [-0.1, -0.05) is 48.5 Å². The second kappa shape index (κ2) is 7.33. The summed E-state index contributed by atoms with van der Waals surface area (Å²) in [7, 11) is 0. The van der Waals surface area contributed by atoms with Gasteiger partial charge in [-0.25, -0.2) is 9.78 Å². The first kappa shape index (κ1) is 17.9. The Balaban J connectivity index is 1.19. The van der Waals surface area contributed by atoms with Gasteiger partial charge in [0.25, 0.3) is 0 Å². The quantitative estimate of drug-likeness (QED) is 0.600. The molecule has 1 unspecified atom stereocenters. The molecule has 1 saturated carbocycles. The molecule has 3 aromatic rings. The minimum Gasteiger partial charge on any atom is -0.449 e. The largest absolute Gasteiger partial charge is 0.449 e. The molecule has 1 amide bonds. The van der Waals surface area contributed by atoms with Gasteiger partial charge in [-0.3, -0.25) is 5.10 Å². The molecule has 1 atom stereocenters. The number of alkyl carbamates (subject to hydrolysis) is 1. The first-order valence-corrected chi connectivity index (χ1v) is 9.89. The smallest absolute Gasteiger partial charge is 0.407 e. The van der Waals surface area contributed by atoms with Crippen molar-refractivity contribution in [3.05, 3.63) is 71.3 Å². The molecule has 148 valence electrons. The minimum atomic E-state index is -0.630. The Morgan fingerprint density at radius 1 is 1.14 bits per heavy atom. The average Bonchev–Trinajstić information content (AvgIpc) is 3.41. The Morgan fingerprint density at radius 2 is 1.79 bits per heavy atom. The predicted molar refractivity (Wildman–Crippen MR) is 106 cm³/mol. The fourth-order valence-corrected chi connectivity index (χ4v) is 3.95. The second-order valence-electron chi connectivity index (χ2n) is 7.60. The molecule has 1 aromatic heterocycles. The first-order valence-electron chi connectivity index (χ1n) is 9.89. The van der Waals surface area contributed by atoms with Gasteiger partial charge in [0.1, 0.15) is 18.5 Å². The van der Waals surface area contributed by atoms with E-state index in [-0.39, 0.29) is 25.0 Å². The summed E-state index contributed by atoms with van der Waals surface area (Å²) in [5, 5.41) is 19.5. The Morgan fingerprint density at radius 3 is 2.45 bits per heavy atom. The van der Waals surface area contributed by atoms with E-state index in [1.54, 1.807) is 0 Å². The number of benzene rings is 2. The third-order valence-electron chi connectivity index (χ3n) is 5.63. The van der Waals surface area contributed by atoms with Crippen LogP contribution in [0.2, 0.25) is 0 Å². The molecule has 2 aliphatic rings. The van der Waals surface area contributed by atoms with Gasteiger partial charge in [0.15, 0.2) is 5.82 Å². The van der Waals surface area contributed by atoms with Gasteiger partial charge in [0.2, 0.25) is 0 Å². The zero-order chi connectivity index (χ0) is 19.8. The highest BCUT2D eigenvalue weighted by Gasteiger charge is 2.33. The Hall–Kier alpha value is -3.19. The van der Waals surface area contributed by atoms with Crippen molar-refractivity contribution in [2.75, 3.05) is 6.61 Å². The summed E-state index contributed by atoms with van der Waals surface area (Å²) < 4.78 is 5.50. The summed E-state index contributed by atoms with van der Waals surface area (Å²) in [6.07, 6.45) is 0.869. The van der Waals surface area contributed by atoms with Gasteiger partial charge in [0.05, 0.1) is 6.54 Å². The summed E-state index contributed by atoms with van der Waals surface area (Å²) in [5.74, 6) is 1.16. The Bertz CT molecular complexity index is 998. The number of hydrogen-bond acceptors (Lipinski definition) is 5. The topological polar surface area (TPSA) is 100 Å². The van der Waals surface area contributed by atoms with Crippen LogP contribution in [0.4, 0.5) is 4.79 Å². The Labute approximate surface area is 168 Å². The molecule has 1 heterocycles. The third-order valence-corrected chi connectivity index (χ3v) is 5.63. The van der Waals surface area contributed by atoms with Crippen molar-refractivity contribution < 1.29 is 14.6 Å². The summed E-state index contributed by atoms with van der Waals surface area (Å²) in [5.41, 5.74) is 4.74. The molecule has 2 aliphatic carbocycles. The van der Waals surface area contributed by atoms with Gasteiger partial charge in [-0.2, -0.15) is 5.10 Å². The van der Waals surface area contributed by atoms with Gasteiger partial charge in [-0.15, -0.1) is 0 Å². The van der Waals surface area contributed by atoms with Crippen LogP contribution in [-0.2, 0) is 11.3 Å². The van der Waals surface area contributed by atoms with E-state index in [1.807, 2.05) is 24.3 Å². The van der Waals surface area contributed by atoms with Crippen molar-refractivity contribution in [3.8, 4) is 11.1 Å². The minimum absolute atomic E-state index is 0.0266. The summed E-state index contributed by atoms with van der Waals surface area (Å²) in [6.45, 7) is 0.434. The average molecular weight is 390 g/mol. The molecule has 0 spiro atoms. The molecule has 0 bridgehead atoms. The molecule has 7 heteroatoms. The number of aliphatic hydroxyl groups is 1. The van der Waals surface area contributed by atoms with E-state index in [9.17, 15) is 9.90 Å². The van der Waals surface area contributed by atoms with E-state index < -0.39 is 12.2 Å². The number of fused-ring (bicyclic) bond motifs is 3. The second-order valence-corrected chi connectivity index (χ2v) is 7.60. The number of ether oxygens (including phenoxy) is 1. The maximum atomic E-state index is 12.2. The fourth-order valence-electron chi connectivity index (χ4n) is 3.95. The summed E-state index contributed by atoms with van der Waals surface area (Å²) >= 11 is 0. The number of rotatable bonds is 6. The fraction of sp³-hybridized carbons (Fsp3) is 0.318. The van der Waals surface area contributed by atoms with Crippen LogP contribution in [0.3, 0.4) is 0 Å². The van der Waals surface area contributed by atoms with Gasteiger partial charge in [0, 0.05) is 5.92 Å². The molecule has 5 rings (SSSR count). The van der Waals surface area contributed by atoms with E-state index in [0.717, 1.165) is 12.8 Å². The van der Waals surface area contributed by atoms with Crippen LogP contribution < -0.4 is 5.32 Å². The van der Waals surface area contributed by atoms with E-state index in [2.05, 4.69) is 44.8 Å². The van der Waals surface area contributed by atoms with Gasteiger partial charge in [-0.05, 0) is 41.0 Å². The van der Waals surface area contributed by atoms with Crippen molar-refractivity contribution in [2.45, 2.75) is 31.4 Å². The van der Waals surface area contributed by atoms with Crippen molar-refractivity contribution in [1.82, 2.24) is 20.5 Å². The summed E-state index contributed by atoms with van der Waals surface area (Å²) in [6, 6.07) is 16.4. The van der Waals surface area contributed by atoms with Crippen molar-refractivity contribution in [1.29, 1.82) is 0 Å². The number of aliphatic hydroxyl groups excluding tert-OH is 1. The molecule has 1 fully saturated rings. The summed E-state index contributed by atoms with van der Waals surface area (Å²) in [4.78, 5) is 16.5. The lowest BCUT2D eigenvalue weighted by atomic mass is 9.98. The predicted octanol–water partition coefficient (Wildman–Crippen LogP) is 3.29. The number of aromatic amines is 1. The number of carbonyl (C=O) groups excluding carboxylic acids is 1. The molecule has 0 radical (unpaired) electrons. The van der Waals surface area contributed by atoms with Crippen molar-refractivity contribution >= 4 is 6.09 Å². The van der Waals surface area contributed by atoms with Crippen molar-refractivity contribution in [3.63, 3.8) is 0 Å². The molecular formula is C22H22N4O3. The molecule has 0 saturated heterocycles. The number of aromatic nitrogens is 3. The highest BCUT2D eigenvalue weighted by molar-refractivity contribution is 5.79. The zero-order valence-corrected chi connectivity index (χ0v) is 15.8. The van der Waals surface area contributed by atoms with E-state index in [4.69, 9.17) is 4.74 Å². The van der Waals surface area contributed by atoms with Crippen LogP contribution in [0.15, 0.2) is 48.5 Å². The van der Waals surface area contributed by atoms with Crippen LogP contribution in [0.1, 0.15) is 47.6 Å². The Kier molecular flexibility index (Phi) is 4.52. The third kappa shape index (κ3) is 3.49. The van der Waals surface area contributed by atoms with Crippen LogP contribution in [0, 0.1) is 5.92 Å². The van der Waals surface area contributed by atoms with E-state index >= 15 is 0 Å². The van der Waals surface area contributed by atoms with Crippen LogP contribution >= 0.6 is 0 Å². The van der Waals surface area contributed by atoms with E-state index in [0.29, 0.717) is 11.6 Å². The van der Waals surface area contributed by atoms with Crippen LogP contribution in [0.5, 0.6) is 0 Å². The molecule has 3 N–H and O–H groups in total. The normalized spacial score (nSPS) is 16.2. The molecule has 29 heavy (non-hydrogen) atoms. The van der Waals surface area contributed by atoms with E-state index in [1.165, 1.54) is 22.3 Å². The number of carbonyl (C=O) groups is 1. The highest BCUT2D eigenvalue weighted by Crippen LogP contribution is 2.44. The van der Waals surface area contributed by atoms with Crippen LogP contribution in [0.25, 0.3) is 11.1 Å². The number of amides is 1. The molecule has 0 aliphatic heterocycles. The maximum absolute atomic E-state index is 12.2. The van der Waals surface area contributed by atoms with Crippen LogP contribution in [-0.4, -0.2) is 33.0 Å². The highest BCUT2D eigenvalue weighted by atomic mass is 16.5. The molecular weight excluding hydrogens is 368 g/mol.